The quantitative estimate of drug-likeness (QED) is 0.604. The van der Waals surface area contributed by atoms with E-state index < -0.39 is 0 Å². The van der Waals surface area contributed by atoms with E-state index in [9.17, 15) is 4.79 Å². The van der Waals surface area contributed by atoms with E-state index in [1.165, 1.54) is 25.6 Å². The van der Waals surface area contributed by atoms with Crippen molar-refractivity contribution < 1.29 is 19.0 Å². The number of nitrogens with one attached hydrogen (secondary N) is 1. The normalized spacial score (nSPS) is 10.4. The summed E-state index contributed by atoms with van der Waals surface area (Å²) in [4.78, 5) is 17.0. The van der Waals surface area contributed by atoms with Crippen LogP contribution in [0.3, 0.4) is 0 Å². The standard InChI is InChI=1S/C20H19ClN2O4S/c1-25-13-6-4-12(5-7-13)8-19-22-16(11-28-19)20(24)23-15-10-17(26-2)14(21)9-18(15)27-3/h4-7,9-11H,8H2,1-3H3,(H,23,24). The molecule has 0 radical (unpaired) electrons. The van der Waals surface area contributed by atoms with Crippen molar-refractivity contribution in [1.82, 2.24) is 4.98 Å². The lowest BCUT2D eigenvalue weighted by Gasteiger charge is -2.12. The number of halogens is 1. The van der Waals surface area contributed by atoms with Crippen LogP contribution in [-0.4, -0.2) is 32.2 Å². The Kier molecular flexibility index (Phi) is 6.38. The molecule has 3 rings (SSSR count). The zero-order valence-electron chi connectivity index (χ0n) is 15.6. The summed E-state index contributed by atoms with van der Waals surface area (Å²) in [5, 5.41) is 5.77. The Morgan fingerprint density at radius 1 is 1.07 bits per heavy atom. The highest BCUT2D eigenvalue weighted by Crippen LogP contribution is 2.36. The van der Waals surface area contributed by atoms with Crippen LogP contribution < -0.4 is 19.5 Å². The number of methoxy groups -OCH3 is 3. The minimum absolute atomic E-state index is 0.333. The summed E-state index contributed by atoms with van der Waals surface area (Å²) in [5.74, 6) is 1.35. The van der Waals surface area contributed by atoms with Gasteiger partial charge in [0.25, 0.3) is 5.91 Å². The van der Waals surface area contributed by atoms with Crippen LogP contribution in [0.4, 0.5) is 5.69 Å². The highest BCUT2D eigenvalue weighted by atomic mass is 35.5. The van der Waals surface area contributed by atoms with Crippen LogP contribution in [0.2, 0.25) is 5.02 Å². The molecule has 0 saturated carbocycles. The van der Waals surface area contributed by atoms with Gasteiger partial charge in [-0.3, -0.25) is 4.79 Å². The molecule has 3 aromatic rings. The third kappa shape index (κ3) is 4.55. The van der Waals surface area contributed by atoms with Gasteiger partial charge in [-0.25, -0.2) is 4.98 Å². The van der Waals surface area contributed by atoms with Gasteiger partial charge in [-0.05, 0) is 17.7 Å². The second kappa shape index (κ2) is 8.95. The predicted molar refractivity (Wildman–Crippen MR) is 110 cm³/mol. The van der Waals surface area contributed by atoms with Crippen LogP contribution in [0.25, 0.3) is 0 Å². The monoisotopic (exact) mass is 418 g/mol. The van der Waals surface area contributed by atoms with Gasteiger partial charge in [0.15, 0.2) is 0 Å². The summed E-state index contributed by atoms with van der Waals surface area (Å²) in [5.41, 5.74) is 1.88. The largest absolute Gasteiger partial charge is 0.497 e. The van der Waals surface area contributed by atoms with E-state index in [4.69, 9.17) is 25.8 Å². The fraction of sp³-hybridized carbons (Fsp3) is 0.200. The first-order valence-corrected chi connectivity index (χ1v) is 9.60. The summed E-state index contributed by atoms with van der Waals surface area (Å²) in [7, 11) is 4.64. The number of rotatable bonds is 7. The van der Waals surface area contributed by atoms with Gasteiger partial charge in [-0.2, -0.15) is 0 Å². The van der Waals surface area contributed by atoms with E-state index in [2.05, 4.69) is 10.3 Å². The highest BCUT2D eigenvalue weighted by molar-refractivity contribution is 7.09. The van der Waals surface area contributed by atoms with Gasteiger partial charge in [0.2, 0.25) is 0 Å². The Balaban J connectivity index is 1.73. The van der Waals surface area contributed by atoms with E-state index in [1.54, 1.807) is 24.6 Å². The predicted octanol–water partition coefficient (Wildman–Crippen LogP) is 4.67. The Hall–Kier alpha value is -2.77. The molecule has 6 nitrogen and oxygen atoms in total. The lowest BCUT2D eigenvalue weighted by Crippen LogP contribution is -2.13. The minimum Gasteiger partial charge on any atom is -0.497 e. The van der Waals surface area contributed by atoms with Gasteiger partial charge >= 0.3 is 0 Å². The van der Waals surface area contributed by atoms with Crippen molar-refractivity contribution in [2.24, 2.45) is 0 Å². The molecular formula is C20H19ClN2O4S. The molecule has 0 aliphatic carbocycles. The van der Waals surface area contributed by atoms with Gasteiger partial charge < -0.3 is 19.5 Å². The molecular weight excluding hydrogens is 400 g/mol. The van der Waals surface area contributed by atoms with Crippen molar-refractivity contribution in [3.8, 4) is 17.2 Å². The number of carbonyl (C=O) groups excluding carboxylic acids is 1. The molecule has 2 aromatic carbocycles. The number of nitrogens with zero attached hydrogens (tertiary/aromatic N) is 1. The van der Waals surface area contributed by atoms with Crippen LogP contribution in [0, 0.1) is 0 Å². The molecule has 0 fully saturated rings. The summed E-state index contributed by atoms with van der Waals surface area (Å²) in [6.07, 6.45) is 0.639. The molecule has 0 aliphatic heterocycles. The molecule has 1 aromatic heterocycles. The number of amides is 1. The first-order valence-electron chi connectivity index (χ1n) is 8.34. The van der Waals surface area contributed by atoms with Crippen molar-refractivity contribution in [1.29, 1.82) is 0 Å². The number of thiazole rings is 1. The minimum atomic E-state index is -0.333. The Morgan fingerprint density at radius 2 is 1.79 bits per heavy atom. The average molecular weight is 419 g/mol. The third-order valence-electron chi connectivity index (χ3n) is 4.02. The zero-order chi connectivity index (χ0) is 20.1. The first kappa shape index (κ1) is 20.0. The lowest BCUT2D eigenvalue weighted by atomic mass is 10.1. The van der Waals surface area contributed by atoms with Crippen LogP contribution >= 0.6 is 22.9 Å². The molecule has 0 aliphatic rings. The van der Waals surface area contributed by atoms with E-state index in [0.717, 1.165) is 16.3 Å². The van der Waals surface area contributed by atoms with Gasteiger partial charge in [-0.1, -0.05) is 23.7 Å². The van der Waals surface area contributed by atoms with Crippen LogP contribution in [0.15, 0.2) is 41.8 Å². The van der Waals surface area contributed by atoms with E-state index in [-0.39, 0.29) is 5.91 Å². The van der Waals surface area contributed by atoms with Crippen molar-refractivity contribution in [2.45, 2.75) is 6.42 Å². The molecule has 28 heavy (non-hydrogen) atoms. The molecule has 0 bridgehead atoms. The van der Waals surface area contributed by atoms with Gasteiger partial charge in [0.05, 0.1) is 37.0 Å². The van der Waals surface area contributed by atoms with Crippen LogP contribution in [-0.2, 0) is 6.42 Å². The van der Waals surface area contributed by atoms with Crippen molar-refractivity contribution in [2.75, 3.05) is 26.6 Å². The lowest BCUT2D eigenvalue weighted by molar-refractivity contribution is 0.102. The summed E-state index contributed by atoms with van der Waals surface area (Å²) in [6, 6.07) is 11.0. The topological polar surface area (TPSA) is 69.7 Å². The number of hydrogen-bond donors (Lipinski definition) is 1. The molecule has 146 valence electrons. The maximum atomic E-state index is 12.6. The molecule has 0 saturated heterocycles. The summed E-state index contributed by atoms with van der Waals surface area (Å²) < 4.78 is 15.6. The molecule has 1 N–H and O–H groups in total. The first-order chi connectivity index (χ1) is 13.5. The number of carbonyl (C=O) groups is 1. The van der Waals surface area contributed by atoms with Gasteiger partial charge in [0, 0.05) is 23.9 Å². The second-order valence-corrected chi connectivity index (χ2v) is 7.14. The molecule has 0 spiro atoms. The zero-order valence-corrected chi connectivity index (χ0v) is 17.2. The van der Waals surface area contributed by atoms with Crippen LogP contribution in [0.5, 0.6) is 17.2 Å². The average Bonchev–Trinajstić information content (AvgIpc) is 3.18. The number of ether oxygens (including phenoxy) is 3. The molecule has 8 heteroatoms. The number of benzene rings is 2. The van der Waals surface area contributed by atoms with Gasteiger partial charge in [-0.15, -0.1) is 11.3 Å². The maximum Gasteiger partial charge on any atom is 0.275 e. The third-order valence-corrected chi connectivity index (χ3v) is 5.17. The molecule has 1 heterocycles. The Labute approximate surface area is 172 Å². The highest BCUT2D eigenvalue weighted by Gasteiger charge is 2.16. The number of anilines is 1. The fourth-order valence-electron chi connectivity index (χ4n) is 2.56. The Bertz CT molecular complexity index is 973. The van der Waals surface area contributed by atoms with Crippen molar-refractivity contribution >= 4 is 34.5 Å². The number of hydrogen-bond acceptors (Lipinski definition) is 6. The molecule has 0 unspecified atom stereocenters. The maximum absolute atomic E-state index is 12.6. The van der Waals surface area contributed by atoms with Crippen LogP contribution in [0.1, 0.15) is 21.1 Å². The number of aromatic nitrogens is 1. The summed E-state index contributed by atoms with van der Waals surface area (Å²) >= 11 is 7.53. The Morgan fingerprint density at radius 3 is 2.43 bits per heavy atom. The van der Waals surface area contributed by atoms with Gasteiger partial charge in [0.1, 0.15) is 22.9 Å². The SMILES string of the molecule is COc1ccc(Cc2nc(C(=O)Nc3cc(OC)c(Cl)cc3OC)cs2)cc1. The second-order valence-electron chi connectivity index (χ2n) is 5.79. The molecule has 1 amide bonds. The van der Waals surface area contributed by atoms with Crippen molar-refractivity contribution in [3.63, 3.8) is 0 Å². The smallest absolute Gasteiger partial charge is 0.275 e. The van der Waals surface area contributed by atoms with E-state index >= 15 is 0 Å². The molecule has 0 atom stereocenters. The van der Waals surface area contributed by atoms with E-state index in [0.29, 0.717) is 34.3 Å². The van der Waals surface area contributed by atoms with Crippen molar-refractivity contribution in [3.05, 3.63) is 63.1 Å². The fourth-order valence-corrected chi connectivity index (χ4v) is 3.60. The summed E-state index contributed by atoms with van der Waals surface area (Å²) in [6.45, 7) is 0. The van der Waals surface area contributed by atoms with E-state index in [1.807, 2.05) is 24.3 Å².